The minimum atomic E-state index is 0.897. The first-order valence-corrected chi connectivity index (χ1v) is 15.4. The van der Waals surface area contributed by atoms with E-state index in [-0.39, 0.29) is 0 Å². The van der Waals surface area contributed by atoms with Crippen molar-refractivity contribution in [3.63, 3.8) is 0 Å². The number of allylic oxidation sites excluding steroid dienone is 3. The molecule has 0 fully saturated rings. The van der Waals surface area contributed by atoms with Crippen LogP contribution in [-0.4, -0.2) is 9.55 Å². The van der Waals surface area contributed by atoms with Gasteiger partial charge in [0, 0.05) is 20.6 Å². The number of aromatic nitrogens is 2. The monoisotopic (exact) mass is 562 g/mol. The topological polar surface area (TPSA) is 17.8 Å². The molecule has 3 heterocycles. The normalized spacial score (nSPS) is 12.3. The molecule has 0 saturated carbocycles. The highest BCUT2D eigenvalue weighted by Gasteiger charge is 2.21. The fourth-order valence-electron chi connectivity index (χ4n) is 5.48. The average Bonchev–Trinajstić information content (AvgIpc) is 3.25. The molecule has 0 aliphatic carbocycles. The van der Waals surface area contributed by atoms with Gasteiger partial charge in [0.1, 0.15) is 5.82 Å². The Hall–Kier alpha value is -4.60. The van der Waals surface area contributed by atoms with Gasteiger partial charge in [-0.05, 0) is 65.1 Å². The summed E-state index contributed by atoms with van der Waals surface area (Å²) in [5, 5.41) is 2.49. The van der Waals surface area contributed by atoms with Crippen LogP contribution in [0.1, 0.15) is 44.0 Å². The third-order valence-electron chi connectivity index (χ3n) is 7.37. The number of benzene rings is 4. The summed E-state index contributed by atoms with van der Waals surface area (Å²) in [4.78, 5) is 7.76. The van der Waals surface area contributed by atoms with E-state index in [0.29, 0.717) is 0 Å². The van der Waals surface area contributed by atoms with Crippen LogP contribution in [0, 0.1) is 0 Å². The van der Waals surface area contributed by atoms with E-state index < -0.39 is 0 Å². The Balaban J connectivity index is 0.00000101. The molecule has 42 heavy (non-hydrogen) atoms. The van der Waals surface area contributed by atoms with E-state index in [1.54, 1.807) is 0 Å². The van der Waals surface area contributed by atoms with Crippen LogP contribution in [-0.2, 0) is 0 Å². The summed E-state index contributed by atoms with van der Waals surface area (Å²) in [6.45, 7) is 10.3. The first-order valence-electron chi connectivity index (χ1n) is 14.5. The second kappa shape index (κ2) is 12.1. The van der Waals surface area contributed by atoms with E-state index in [0.717, 1.165) is 39.2 Å². The van der Waals surface area contributed by atoms with Gasteiger partial charge in [0.05, 0.1) is 16.7 Å². The largest absolute Gasteiger partial charge is 0.294 e. The van der Waals surface area contributed by atoms with E-state index in [4.69, 9.17) is 4.98 Å². The van der Waals surface area contributed by atoms with E-state index in [1.165, 1.54) is 38.1 Å². The lowest BCUT2D eigenvalue weighted by Crippen LogP contribution is -2.01. The highest BCUT2D eigenvalue weighted by atomic mass is 32.2. The SMILES string of the molecule is C=C/C(=C\C)c1cc(-c2ccccc2)cc(-n2c3ccccc3c3c4c(ccc32)C=Cc2ccccc2S4)n1.CCC. The molecule has 0 spiro atoms. The minimum absolute atomic E-state index is 0.897. The fraction of sp³-hybridized carbons (Fsp3) is 0.103. The Labute approximate surface area is 252 Å². The van der Waals surface area contributed by atoms with Crippen molar-refractivity contribution in [3.8, 4) is 16.9 Å². The van der Waals surface area contributed by atoms with Gasteiger partial charge in [-0.3, -0.25) is 4.57 Å². The first-order chi connectivity index (χ1) is 20.7. The molecule has 4 aromatic carbocycles. The molecule has 3 heteroatoms. The van der Waals surface area contributed by atoms with E-state index in [2.05, 4.69) is 146 Å². The van der Waals surface area contributed by atoms with Crippen molar-refractivity contribution in [2.45, 2.75) is 37.0 Å². The summed E-state index contributed by atoms with van der Waals surface area (Å²) >= 11 is 1.85. The lowest BCUT2D eigenvalue weighted by atomic mass is 10.0. The van der Waals surface area contributed by atoms with Crippen molar-refractivity contribution >= 4 is 51.3 Å². The Morgan fingerprint density at radius 1 is 0.786 bits per heavy atom. The summed E-state index contributed by atoms with van der Waals surface area (Å²) in [5.41, 5.74) is 9.00. The summed E-state index contributed by atoms with van der Waals surface area (Å²) in [6.07, 6.45) is 9.67. The van der Waals surface area contributed by atoms with Crippen LogP contribution < -0.4 is 0 Å². The maximum absolute atomic E-state index is 5.21. The quantitative estimate of drug-likeness (QED) is 0.199. The summed E-state index contributed by atoms with van der Waals surface area (Å²) < 4.78 is 2.32. The fourth-order valence-corrected chi connectivity index (χ4v) is 6.67. The van der Waals surface area contributed by atoms with Crippen molar-refractivity contribution in [2.24, 2.45) is 0 Å². The van der Waals surface area contributed by atoms with Gasteiger partial charge in [0.25, 0.3) is 0 Å². The van der Waals surface area contributed by atoms with Gasteiger partial charge >= 0.3 is 0 Å². The summed E-state index contributed by atoms with van der Waals surface area (Å²) in [7, 11) is 0. The van der Waals surface area contributed by atoms with Crippen molar-refractivity contribution in [1.82, 2.24) is 9.55 Å². The standard InChI is InChI=1S/C36H26N2S.C3H8/c1-3-24(4-2)30-22-28(25-12-6-5-7-13-25)23-34(37-30)38-31-16-10-9-15-29(31)35-32(38)21-20-27-19-18-26-14-8-11-17-33(26)39-36(27)35;1-3-2/h3-23H,1H2,2H3;3H2,1-2H3/b24-4+;. The van der Waals surface area contributed by atoms with Gasteiger partial charge in [-0.15, -0.1) is 0 Å². The molecule has 0 amide bonds. The summed E-state index contributed by atoms with van der Waals surface area (Å²) in [6, 6.07) is 36.7. The third kappa shape index (κ3) is 5.01. The van der Waals surface area contributed by atoms with E-state index in [9.17, 15) is 0 Å². The Kier molecular flexibility index (Phi) is 7.94. The predicted octanol–water partition coefficient (Wildman–Crippen LogP) is 11.5. The molecule has 7 rings (SSSR count). The zero-order valence-corrected chi connectivity index (χ0v) is 25.2. The van der Waals surface area contributed by atoms with Crippen molar-refractivity contribution < 1.29 is 0 Å². The predicted molar refractivity (Wildman–Crippen MR) is 183 cm³/mol. The lowest BCUT2D eigenvalue weighted by molar-refractivity contribution is 1.07. The van der Waals surface area contributed by atoms with Crippen molar-refractivity contribution in [1.29, 1.82) is 0 Å². The number of hydrogen-bond acceptors (Lipinski definition) is 2. The Morgan fingerprint density at radius 3 is 2.29 bits per heavy atom. The van der Waals surface area contributed by atoms with Gasteiger partial charge in [-0.2, -0.15) is 0 Å². The molecule has 0 atom stereocenters. The molecule has 1 aliphatic heterocycles. The maximum atomic E-state index is 5.21. The van der Waals surface area contributed by atoms with Crippen LogP contribution in [0.2, 0.25) is 0 Å². The molecular weight excluding hydrogens is 529 g/mol. The molecule has 1 aliphatic rings. The molecule has 2 nitrogen and oxygen atoms in total. The smallest absolute Gasteiger partial charge is 0.138 e. The number of pyridine rings is 1. The molecule has 206 valence electrons. The molecule has 0 saturated heterocycles. The van der Waals surface area contributed by atoms with Gasteiger partial charge in [0.15, 0.2) is 0 Å². The molecule has 2 aromatic heterocycles. The van der Waals surface area contributed by atoms with Crippen LogP contribution in [0.4, 0.5) is 0 Å². The molecular formula is C39H34N2S. The number of fused-ring (bicyclic) bond motifs is 6. The van der Waals surface area contributed by atoms with E-state index >= 15 is 0 Å². The molecule has 6 aromatic rings. The first kappa shape index (κ1) is 27.6. The zero-order valence-electron chi connectivity index (χ0n) is 24.3. The van der Waals surface area contributed by atoms with Gasteiger partial charge in [-0.1, -0.05) is 136 Å². The van der Waals surface area contributed by atoms with E-state index in [1.807, 2.05) is 24.8 Å². The Bertz CT molecular complexity index is 1980. The summed E-state index contributed by atoms with van der Waals surface area (Å²) in [5.74, 6) is 0.897. The third-order valence-corrected chi connectivity index (χ3v) is 8.61. The molecule has 0 N–H and O–H groups in total. The lowest BCUT2D eigenvalue weighted by Gasteiger charge is -2.13. The van der Waals surface area contributed by atoms with Crippen LogP contribution in [0.5, 0.6) is 0 Å². The minimum Gasteiger partial charge on any atom is -0.294 e. The zero-order chi connectivity index (χ0) is 29.1. The van der Waals surface area contributed by atoms with Gasteiger partial charge in [-0.25, -0.2) is 4.98 Å². The number of para-hydroxylation sites is 1. The number of rotatable bonds is 4. The highest BCUT2D eigenvalue weighted by molar-refractivity contribution is 7.99. The molecule has 0 unspecified atom stereocenters. The van der Waals surface area contributed by atoms with Gasteiger partial charge in [0.2, 0.25) is 0 Å². The maximum Gasteiger partial charge on any atom is 0.138 e. The Morgan fingerprint density at radius 2 is 1.50 bits per heavy atom. The van der Waals surface area contributed by atoms with Crippen LogP contribution in [0.15, 0.2) is 132 Å². The molecule has 0 bridgehead atoms. The second-order valence-electron chi connectivity index (χ2n) is 10.3. The molecule has 0 radical (unpaired) electrons. The van der Waals surface area contributed by atoms with Crippen molar-refractivity contribution in [3.05, 3.63) is 139 Å². The van der Waals surface area contributed by atoms with Crippen LogP contribution in [0.25, 0.3) is 56.5 Å². The van der Waals surface area contributed by atoms with Gasteiger partial charge < -0.3 is 0 Å². The van der Waals surface area contributed by atoms with Crippen molar-refractivity contribution in [2.75, 3.05) is 0 Å². The van der Waals surface area contributed by atoms with Crippen LogP contribution in [0.3, 0.4) is 0 Å². The second-order valence-corrected chi connectivity index (χ2v) is 11.4. The highest BCUT2D eigenvalue weighted by Crippen LogP contribution is 2.45. The van der Waals surface area contributed by atoms with Crippen LogP contribution >= 0.6 is 11.8 Å². The number of hydrogen-bond donors (Lipinski definition) is 0. The number of nitrogens with zero attached hydrogens (tertiary/aromatic N) is 2. The average molecular weight is 563 g/mol.